The van der Waals surface area contributed by atoms with Gasteiger partial charge in [-0.3, -0.25) is 14.5 Å². The van der Waals surface area contributed by atoms with Gasteiger partial charge in [0.2, 0.25) is 0 Å². The summed E-state index contributed by atoms with van der Waals surface area (Å²) in [4.78, 5) is 30.9. The molecule has 0 fully saturated rings. The summed E-state index contributed by atoms with van der Waals surface area (Å²) in [6, 6.07) is 7.90. The van der Waals surface area contributed by atoms with Crippen molar-refractivity contribution in [2.24, 2.45) is 4.99 Å². The van der Waals surface area contributed by atoms with Gasteiger partial charge >= 0.3 is 5.97 Å². The molecule has 0 radical (unpaired) electrons. The fourth-order valence-corrected chi connectivity index (χ4v) is 2.33. The monoisotopic (exact) mass is 344 g/mol. The molecule has 1 amide bonds. The van der Waals surface area contributed by atoms with Crippen LogP contribution in [-0.4, -0.2) is 63.5 Å². The number of hydrogen-bond acceptors (Lipinski definition) is 6. The highest BCUT2D eigenvalue weighted by atomic mass is 16.5. The average molecular weight is 344 g/mol. The van der Waals surface area contributed by atoms with Crippen LogP contribution >= 0.6 is 0 Å². The number of esters is 1. The first kappa shape index (κ1) is 18.7. The third kappa shape index (κ3) is 4.90. The Morgan fingerprint density at radius 3 is 2.60 bits per heavy atom. The van der Waals surface area contributed by atoms with Gasteiger partial charge in [-0.2, -0.15) is 0 Å². The number of nitrogens with zero attached hydrogens (tertiary/aromatic N) is 3. The smallest absolute Gasteiger partial charge is 0.319 e. The second-order valence-corrected chi connectivity index (χ2v) is 5.82. The van der Waals surface area contributed by atoms with E-state index in [1.165, 1.54) is 12.0 Å². The zero-order valence-electron chi connectivity index (χ0n) is 15.1. The topological polar surface area (TPSA) is 74.2 Å². The van der Waals surface area contributed by atoms with Crippen molar-refractivity contribution in [3.63, 3.8) is 0 Å². The van der Waals surface area contributed by atoms with E-state index in [1.54, 1.807) is 13.1 Å². The van der Waals surface area contributed by atoms with Crippen LogP contribution in [0.15, 0.2) is 35.0 Å². The fourth-order valence-electron chi connectivity index (χ4n) is 2.33. The third-order valence-electron chi connectivity index (χ3n) is 4.05. The predicted molar refractivity (Wildman–Crippen MR) is 98.5 cm³/mol. The first-order valence-corrected chi connectivity index (χ1v) is 8.06. The van der Waals surface area contributed by atoms with Gasteiger partial charge in [0.1, 0.15) is 11.5 Å². The maximum absolute atomic E-state index is 12.0. The molecule has 1 N–H and O–H groups in total. The number of benzene rings is 1. The van der Waals surface area contributed by atoms with E-state index in [0.29, 0.717) is 18.1 Å². The molecule has 1 aromatic carbocycles. The molecule has 134 valence electrons. The zero-order valence-corrected chi connectivity index (χ0v) is 15.1. The van der Waals surface area contributed by atoms with Crippen LogP contribution < -0.4 is 10.2 Å². The lowest BCUT2D eigenvalue weighted by molar-refractivity contribution is -0.139. The molecule has 1 aliphatic heterocycles. The number of nitrogens with one attached hydrogen (secondary N) is 1. The molecule has 2 rings (SSSR count). The van der Waals surface area contributed by atoms with Crippen molar-refractivity contribution in [1.82, 2.24) is 10.2 Å². The van der Waals surface area contributed by atoms with E-state index in [-0.39, 0.29) is 18.4 Å². The molecule has 0 aromatic heterocycles. The highest BCUT2D eigenvalue weighted by molar-refractivity contribution is 6.13. The minimum Gasteiger partial charge on any atom is -0.468 e. The second-order valence-electron chi connectivity index (χ2n) is 5.82. The number of rotatable bonds is 7. The van der Waals surface area contributed by atoms with Gasteiger partial charge in [-0.25, -0.2) is 4.99 Å². The molecule has 7 nitrogen and oxygen atoms in total. The van der Waals surface area contributed by atoms with Crippen molar-refractivity contribution in [2.45, 2.75) is 6.92 Å². The molecule has 1 aliphatic rings. The summed E-state index contributed by atoms with van der Waals surface area (Å²) in [5.74, 6) is 0.340. The van der Waals surface area contributed by atoms with Gasteiger partial charge in [0.15, 0.2) is 0 Å². The molecular weight excluding hydrogens is 320 g/mol. The Kier molecular flexibility index (Phi) is 6.30. The molecule has 1 heterocycles. The Bertz CT molecular complexity index is 695. The van der Waals surface area contributed by atoms with Crippen molar-refractivity contribution in [1.29, 1.82) is 0 Å². The molecule has 0 atom stereocenters. The first-order valence-electron chi connectivity index (χ1n) is 8.06. The minimum atomic E-state index is -0.273. The van der Waals surface area contributed by atoms with E-state index in [4.69, 9.17) is 0 Å². The molecular formula is C18H24N4O3. The second kappa shape index (κ2) is 8.43. The van der Waals surface area contributed by atoms with Crippen LogP contribution in [0.4, 0.5) is 5.69 Å². The Labute approximate surface area is 148 Å². The van der Waals surface area contributed by atoms with Crippen LogP contribution in [0, 0.1) is 0 Å². The number of aliphatic imine (C=N–C) groups is 1. The van der Waals surface area contributed by atoms with Gasteiger partial charge in [-0.05, 0) is 30.7 Å². The summed E-state index contributed by atoms with van der Waals surface area (Å²) in [7, 11) is 5.07. The summed E-state index contributed by atoms with van der Waals surface area (Å²) in [5.41, 5.74) is 2.43. The summed E-state index contributed by atoms with van der Waals surface area (Å²) in [6.07, 6.45) is 1.79. The minimum absolute atomic E-state index is 0.0876. The number of amides is 1. The van der Waals surface area contributed by atoms with Crippen LogP contribution in [0.2, 0.25) is 0 Å². The average Bonchev–Trinajstić information content (AvgIpc) is 2.85. The highest BCUT2D eigenvalue weighted by Crippen LogP contribution is 2.19. The van der Waals surface area contributed by atoms with Crippen LogP contribution in [0.1, 0.15) is 12.5 Å². The standard InChI is InChI=1S/C18H24N4O3/c1-13-20-16(18(24)22(13)3)11-14-5-7-15(8-6-14)21(2)10-9-19-12-17(23)25-4/h5-8,11,19H,9-10,12H2,1-4H3/b16-11-. The van der Waals surface area contributed by atoms with E-state index in [9.17, 15) is 9.59 Å². The number of hydrogen-bond donors (Lipinski definition) is 1. The maximum Gasteiger partial charge on any atom is 0.319 e. The fraction of sp³-hybridized carbons (Fsp3) is 0.389. The number of anilines is 1. The van der Waals surface area contributed by atoms with Crippen molar-refractivity contribution < 1.29 is 14.3 Å². The lowest BCUT2D eigenvalue weighted by Gasteiger charge is -2.19. The van der Waals surface area contributed by atoms with Crippen LogP contribution in [0.25, 0.3) is 6.08 Å². The van der Waals surface area contributed by atoms with Crippen molar-refractivity contribution in [2.75, 3.05) is 45.7 Å². The number of carbonyl (C=O) groups is 2. The number of likely N-dealkylation sites (N-methyl/N-ethyl adjacent to an activating group) is 2. The highest BCUT2D eigenvalue weighted by Gasteiger charge is 2.23. The van der Waals surface area contributed by atoms with Crippen molar-refractivity contribution >= 4 is 29.5 Å². The van der Waals surface area contributed by atoms with Gasteiger partial charge in [-0.1, -0.05) is 12.1 Å². The maximum atomic E-state index is 12.0. The Hall–Kier alpha value is -2.67. The summed E-state index contributed by atoms with van der Waals surface area (Å²) >= 11 is 0. The zero-order chi connectivity index (χ0) is 18.4. The molecule has 0 aliphatic carbocycles. The van der Waals surface area contributed by atoms with E-state index >= 15 is 0 Å². The van der Waals surface area contributed by atoms with Gasteiger partial charge < -0.3 is 15.0 Å². The van der Waals surface area contributed by atoms with Crippen LogP contribution in [0.3, 0.4) is 0 Å². The molecule has 7 heteroatoms. The molecule has 0 unspecified atom stereocenters. The molecule has 0 bridgehead atoms. The predicted octanol–water partition coefficient (Wildman–Crippen LogP) is 1.12. The number of ether oxygens (including phenoxy) is 1. The summed E-state index contributed by atoms with van der Waals surface area (Å²) < 4.78 is 4.57. The largest absolute Gasteiger partial charge is 0.468 e. The van der Waals surface area contributed by atoms with Gasteiger partial charge in [0, 0.05) is 32.9 Å². The van der Waals surface area contributed by atoms with Gasteiger partial charge in [0.05, 0.1) is 13.7 Å². The number of methoxy groups -OCH3 is 1. The third-order valence-corrected chi connectivity index (χ3v) is 4.05. The van der Waals surface area contributed by atoms with Crippen LogP contribution in [-0.2, 0) is 14.3 Å². The van der Waals surface area contributed by atoms with Crippen molar-refractivity contribution in [3.05, 3.63) is 35.5 Å². The Morgan fingerprint density at radius 1 is 1.36 bits per heavy atom. The number of amidine groups is 1. The molecule has 0 spiro atoms. The normalized spacial score (nSPS) is 15.5. The van der Waals surface area contributed by atoms with E-state index in [2.05, 4.69) is 19.9 Å². The number of carbonyl (C=O) groups excluding carboxylic acids is 2. The molecule has 0 saturated carbocycles. The van der Waals surface area contributed by atoms with E-state index in [1.807, 2.05) is 38.2 Å². The van der Waals surface area contributed by atoms with Gasteiger partial charge in [0.25, 0.3) is 5.91 Å². The van der Waals surface area contributed by atoms with Crippen LogP contribution in [0.5, 0.6) is 0 Å². The van der Waals surface area contributed by atoms with Crippen molar-refractivity contribution in [3.8, 4) is 0 Å². The Morgan fingerprint density at radius 2 is 2.04 bits per heavy atom. The van der Waals surface area contributed by atoms with E-state index < -0.39 is 0 Å². The first-order chi connectivity index (χ1) is 11.9. The molecule has 0 saturated heterocycles. The summed E-state index contributed by atoms with van der Waals surface area (Å²) in [5, 5.41) is 3.03. The lowest BCUT2D eigenvalue weighted by atomic mass is 10.1. The quantitative estimate of drug-likeness (QED) is 0.456. The SMILES string of the molecule is COC(=O)CNCCN(C)c1ccc(/C=C2\N=C(C)N(C)C2=O)cc1. The summed E-state index contributed by atoms with van der Waals surface area (Å²) in [6.45, 7) is 3.45. The lowest BCUT2D eigenvalue weighted by Crippen LogP contribution is -2.32. The van der Waals surface area contributed by atoms with Gasteiger partial charge in [-0.15, -0.1) is 0 Å². The van der Waals surface area contributed by atoms with E-state index in [0.717, 1.165) is 17.8 Å². The molecule has 1 aromatic rings. The Balaban J connectivity index is 1.91. The molecule has 25 heavy (non-hydrogen) atoms.